The highest BCUT2D eigenvalue weighted by Crippen LogP contribution is 2.47. The van der Waals surface area contributed by atoms with Crippen LogP contribution in [0, 0.1) is 11.3 Å². The third-order valence-electron chi connectivity index (χ3n) is 5.77. The van der Waals surface area contributed by atoms with Crippen molar-refractivity contribution in [1.82, 2.24) is 4.98 Å². The Morgan fingerprint density at radius 1 is 0.955 bits per heavy atom. The molecule has 122 valence electrons. The van der Waals surface area contributed by atoms with E-state index in [1.54, 1.807) is 0 Å². The van der Waals surface area contributed by atoms with Crippen LogP contribution < -0.4 is 4.90 Å². The van der Waals surface area contributed by atoms with Crippen molar-refractivity contribution in [3.63, 3.8) is 0 Å². The van der Waals surface area contributed by atoms with Gasteiger partial charge in [0, 0.05) is 23.2 Å². The molecule has 0 amide bonds. The summed E-state index contributed by atoms with van der Waals surface area (Å²) >= 11 is 0. The lowest BCUT2D eigenvalue weighted by atomic mass is 9.73. The van der Waals surface area contributed by atoms with Gasteiger partial charge in [-0.3, -0.25) is 4.98 Å². The minimum absolute atomic E-state index is 0.136. The molecule has 0 aromatic carbocycles. The van der Waals surface area contributed by atoms with Crippen molar-refractivity contribution in [1.29, 1.82) is 0 Å². The molecule has 0 aliphatic carbocycles. The first-order valence-electron chi connectivity index (χ1n) is 8.91. The molecule has 2 aliphatic rings. The molecule has 2 bridgehead atoms. The highest BCUT2D eigenvalue weighted by Gasteiger charge is 2.44. The predicted octanol–water partition coefficient (Wildman–Crippen LogP) is 5.17. The third-order valence-corrected chi connectivity index (χ3v) is 5.77. The van der Waals surface area contributed by atoms with Gasteiger partial charge in [-0.2, -0.15) is 0 Å². The first kappa shape index (κ1) is 15.8. The van der Waals surface area contributed by atoms with E-state index < -0.39 is 0 Å². The maximum absolute atomic E-state index is 4.75. The number of aromatic nitrogens is 1. The molecule has 1 aromatic heterocycles. The molecule has 0 radical (unpaired) electrons. The molecule has 1 aromatic rings. The van der Waals surface area contributed by atoms with Crippen LogP contribution in [0.15, 0.2) is 18.3 Å². The molecule has 3 rings (SSSR count). The Morgan fingerprint density at radius 3 is 1.95 bits per heavy atom. The van der Waals surface area contributed by atoms with Crippen molar-refractivity contribution in [2.75, 3.05) is 4.90 Å². The molecule has 22 heavy (non-hydrogen) atoms. The van der Waals surface area contributed by atoms with E-state index in [0.717, 1.165) is 18.0 Å². The third kappa shape index (κ3) is 2.89. The second-order valence-electron chi connectivity index (χ2n) is 9.48. The number of rotatable bonds is 1. The van der Waals surface area contributed by atoms with Crippen LogP contribution in [0.3, 0.4) is 0 Å². The molecule has 2 fully saturated rings. The molecule has 0 N–H and O–H groups in total. The fourth-order valence-corrected chi connectivity index (χ4v) is 4.29. The van der Waals surface area contributed by atoms with Crippen LogP contribution >= 0.6 is 0 Å². The maximum atomic E-state index is 4.75. The smallest absolute Gasteiger partial charge is 0.0557 e. The van der Waals surface area contributed by atoms with Gasteiger partial charge in [-0.05, 0) is 49.1 Å². The summed E-state index contributed by atoms with van der Waals surface area (Å²) in [7, 11) is 0. The van der Waals surface area contributed by atoms with Crippen LogP contribution in [-0.2, 0) is 5.41 Å². The zero-order chi connectivity index (χ0) is 16.1. The van der Waals surface area contributed by atoms with Gasteiger partial charge < -0.3 is 4.90 Å². The maximum Gasteiger partial charge on any atom is 0.0557 e. The zero-order valence-corrected chi connectivity index (χ0v) is 15.2. The standard InChI is InChI=1S/C20H32N2/c1-19(2,3)14-11-15-7-8-16(12-14)22(15)17-9-10-18(21-13-17)20(4,5)6/h9-10,13-16H,7-8,11-12H2,1-6H3. The zero-order valence-electron chi connectivity index (χ0n) is 15.2. The predicted molar refractivity (Wildman–Crippen MR) is 94.4 cm³/mol. The van der Waals surface area contributed by atoms with Gasteiger partial charge in [0.15, 0.2) is 0 Å². The molecular formula is C20H32N2. The monoisotopic (exact) mass is 300 g/mol. The molecule has 2 atom stereocenters. The summed E-state index contributed by atoms with van der Waals surface area (Å²) in [5, 5.41) is 0. The molecule has 2 aliphatic heterocycles. The van der Waals surface area contributed by atoms with E-state index in [4.69, 9.17) is 4.98 Å². The van der Waals surface area contributed by atoms with E-state index in [1.807, 2.05) is 0 Å². The Hall–Kier alpha value is -1.05. The van der Waals surface area contributed by atoms with Crippen LogP contribution in [-0.4, -0.2) is 17.1 Å². The minimum Gasteiger partial charge on any atom is -0.364 e. The average Bonchev–Trinajstić information content (AvgIpc) is 2.66. The van der Waals surface area contributed by atoms with E-state index in [9.17, 15) is 0 Å². The summed E-state index contributed by atoms with van der Waals surface area (Å²) in [6, 6.07) is 5.98. The summed E-state index contributed by atoms with van der Waals surface area (Å²) in [5.41, 5.74) is 3.11. The first-order valence-corrected chi connectivity index (χ1v) is 8.91. The topological polar surface area (TPSA) is 16.1 Å². The van der Waals surface area contributed by atoms with E-state index in [1.165, 1.54) is 37.1 Å². The summed E-state index contributed by atoms with van der Waals surface area (Å²) < 4.78 is 0. The first-order chi connectivity index (χ1) is 10.2. The van der Waals surface area contributed by atoms with Gasteiger partial charge in [-0.1, -0.05) is 41.5 Å². The lowest BCUT2D eigenvalue weighted by molar-refractivity contribution is 0.174. The van der Waals surface area contributed by atoms with Crippen molar-refractivity contribution < 1.29 is 0 Å². The Bertz CT molecular complexity index is 504. The van der Waals surface area contributed by atoms with Gasteiger partial charge in [-0.15, -0.1) is 0 Å². The molecule has 2 unspecified atom stereocenters. The Labute approximate surface area is 136 Å². The number of piperidine rings is 1. The summed E-state index contributed by atoms with van der Waals surface area (Å²) in [5.74, 6) is 0.864. The Morgan fingerprint density at radius 2 is 1.55 bits per heavy atom. The van der Waals surface area contributed by atoms with Crippen LogP contribution in [0.2, 0.25) is 0 Å². The minimum atomic E-state index is 0.136. The van der Waals surface area contributed by atoms with E-state index in [0.29, 0.717) is 5.41 Å². The number of hydrogen-bond acceptors (Lipinski definition) is 2. The van der Waals surface area contributed by atoms with E-state index >= 15 is 0 Å². The van der Waals surface area contributed by atoms with Gasteiger partial charge in [0.2, 0.25) is 0 Å². The summed E-state index contributed by atoms with van der Waals surface area (Å²) in [4.78, 5) is 7.43. The van der Waals surface area contributed by atoms with Crippen LogP contribution in [0.4, 0.5) is 5.69 Å². The molecule has 2 heteroatoms. The second-order valence-corrected chi connectivity index (χ2v) is 9.48. The van der Waals surface area contributed by atoms with E-state index in [-0.39, 0.29) is 5.41 Å². The van der Waals surface area contributed by atoms with E-state index in [2.05, 4.69) is 64.8 Å². The summed E-state index contributed by atoms with van der Waals surface area (Å²) in [6.45, 7) is 13.9. The van der Waals surface area contributed by atoms with Gasteiger partial charge in [0.25, 0.3) is 0 Å². The lowest BCUT2D eigenvalue weighted by Crippen LogP contribution is -2.46. The van der Waals surface area contributed by atoms with Crippen LogP contribution in [0.5, 0.6) is 0 Å². The molecule has 3 heterocycles. The van der Waals surface area contributed by atoms with Crippen molar-refractivity contribution in [3.05, 3.63) is 24.0 Å². The molecule has 2 nitrogen and oxygen atoms in total. The molecule has 2 saturated heterocycles. The van der Waals surface area contributed by atoms with Crippen molar-refractivity contribution in [2.45, 2.75) is 84.7 Å². The SMILES string of the molecule is CC(C)(C)c1ccc(N2C3CCC2CC(C(C)(C)C)C3)cn1. The molecule has 0 spiro atoms. The quantitative estimate of drug-likeness (QED) is 0.711. The molecule has 0 saturated carbocycles. The van der Waals surface area contributed by atoms with Gasteiger partial charge in [-0.25, -0.2) is 0 Å². The fourth-order valence-electron chi connectivity index (χ4n) is 4.29. The Balaban J connectivity index is 1.80. The second kappa shape index (κ2) is 5.25. The number of anilines is 1. The van der Waals surface area contributed by atoms with Crippen LogP contribution in [0.25, 0.3) is 0 Å². The largest absolute Gasteiger partial charge is 0.364 e. The van der Waals surface area contributed by atoms with Crippen LogP contribution in [0.1, 0.15) is 72.9 Å². The number of fused-ring (bicyclic) bond motifs is 2. The molecular weight excluding hydrogens is 268 g/mol. The van der Waals surface area contributed by atoms with Gasteiger partial charge >= 0.3 is 0 Å². The normalized spacial score (nSPS) is 29.0. The highest BCUT2D eigenvalue weighted by molar-refractivity contribution is 5.49. The number of pyridine rings is 1. The van der Waals surface area contributed by atoms with Crippen molar-refractivity contribution in [3.8, 4) is 0 Å². The number of nitrogens with zero attached hydrogens (tertiary/aromatic N) is 2. The lowest BCUT2D eigenvalue weighted by Gasteiger charge is -2.45. The highest BCUT2D eigenvalue weighted by atomic mass is 15.2. The number of hydrogen-bond donors (Lipinski definition) is 0. The fraction of sp³-hybridized carbons (Fsp3) is 0.750. The summed E-state index contributed by atoms with van der Waals surface area (Å²) in [6.07, 6.45) is 7.53. The van der Waals surface area contributed by atoms with Crippen molar-refractivity contribution >= 4 is 5.69 Å². The van der Waals surface area contributed by atoms with Gasteiger partial charge in [0.1, 0.15) is 0 Å². The van der Waals surface area contributed by atoms with Crippen molar-refractivity contribution in [2.24, 2.45) is 11.3 Å². The van der Waals surface area contributed by atoms with Gasteiger partial charge in [0.05, 0.1) is 11.9 Å². The average molecular weight is 300 g/mol. The Kier molecular flexibility index (Phi) is 3.78.